The Labute approximate surface area is 137 Å². The molecule has 24 heavy (non-hydrogen) atoms. The molecule has 1 aromatic rings. The zero-order valence-corrected chi connectivity index (χ0v) is 13.4. The highest BCUT2D eigenvalue weighted by Crippen LogP contribution is 2.12. The monoisotopic (exact) mass is 364 g/mol. The van der Waals surface area contributed by atoms with E-state index in [0.717, 1.165) is 12.1 Å². The molecule has 1 aliphatic heterocycles. The molecule has 0 aliphatic carbocycles. The fourth-order valence-corrected chi connectivity index (χ4v) is 2.94. The van der Waals surface area contributed by atoms with Gasteiger partial charge in [0.15, 0.2) is 0 Å². The summed E-state index contributed by atoms with van der Waals surface area (Å²) >= 11 is 0. The maximum absolute atomic E-state index is 13.2. The van der Waals surface area contributed by atoms with Crippen LogP contribution in [0.4, 0.5) is 8.78 Å². The van der Waals surface area contributed by atoms with E-state index in [1.807, 2.05) is 0 Å². The molecule has 0 spiro atoms. The summed E-state index contributed by atoms with van der Waals surface area (Å²) in [4.78, 5) is 13.8. The van der Waals surface area contributed by atoms with Crippen LogP contribution in [0.15, 0.2) is 18.2 Å². The Morgan fingerprint density at radius 2 is 1.83 bits per heavy atom. The van der Waals surface area contributed by atoms with Gasteiger partial charge >= 0.3 is 5.97 Å². The highest BCUT2D eigenvalue weighted by atomic mass is 32.2. The van der Waals surface area contributed by atoms with Crippen LogP contribution >= 0.6 is 0 Å². The molecule has 7 nitrogen and oxygen atoms in total. The van der Waals surface area contributed by atoms with Crippen molar-refractivity contribution < 1.29 is 36.0 Å². The molecule has 1 saturated heterocycles. The van der Waals surface area contributed by atoms with Gasteiger partial charge in [0.25, 0.3) is 0 Å². The quantitative estimate of drug-likeness (QED) is 0.531. The minimum Gasteiger partial charge on any atom is -0.748 e. The van der Waals surface area contributed by atoms with Crippen LogP contribution in [0.25, 0.3) is 0 Å². The second-order valence-electron chi connectivity index (χ2n) is 5.32. The van der Waals surface area contributed by atoms with Gasteiger partial charge in [0.05, 0.1) is 34.6 Å². The van der Waals surface area contributed by atoms with Gasteiger partial charge in [0.2, 0.25) is 0 Å². The van der Waals surface area contributed by atoms with Crippen molar-refractivity contribution in [2.75, 3.05) is 38.6 Å². The average Bonchev–Trinajstić information content (AvgIpc) is 2.45. The minimum atomic E-state index is -4.65. The molecule has 1 atom stereocenters. The van der Waals surface area contributed by atoms with E-state index in [4.69, 9.17) is 9.47 Å². The molecule has 0 bridgehead atoms. The lowest BCUT2D eigenvalue weighted by atomic mass is 10.2. The van der Waals surface area contributed by atoms with Crippen molar-refractivity contribution in [1.29, 1.82) is 0 Å². The Balaban J connectivity index is 2.09. The number of morpholine rings is 1. The Kier molecular flexibility index (Phi) is 6.21. The normalized spacial score (nSPS) is 17.5. The summed E-state index contributed by atoms with van der Waals surface area (Å²) in [5.41, 5.74) is -0.400. The standard InChI is InChI=1S/C14H17F2NO6S/c15-11-5-10(6-12(16)7-11)14(18)23-13(9-24(19,20)21)8-17-1-3-22-4-2-17/h5-7,13H,1-4,8-9H2,(H,19,20,21)/p-1. The van der Waals surface area contributed by atoms with E-state index in [-0.39, 0.29) is 6.54 Å². The third-order valence-electron chi connectivity index (χ3n) is 3.33. The number of carbonyl (C=O) groups is 1. The molecule has 2 rings (SSSR count). The molecule has 0 saturated carbocycles. The van der Waals surface area contributed by atoms with Crippen molar-refractivity contribution in [1.82, 2.24) is 4.90 Å². The van der Waals surface area contributed by atoms with E-state index in [0.29, 0.717) is 32.4 Å². The maximum Gasteiger partial charge on any atom is 0.338 e. The van der Waals surface area contributed by atoms with E-state index < -0.39 is 45.1 Å². The van der Waals surface area contributed by atoms with Crippen molar-refractivity contribution in [2.24, 2.45) is 0 Å². The molecule has 1 heterocycles. The molecular formula is C14H16F2NO6S-. The second kappa shape index (κ2) is 7.97. The van der Waals surface area contributed by atoms with E-state index in [9.17, 15) is 26.5 Å². The molecule has 0 aromatic heterocycles. The fraction of sp³-hybridized carbons (Fsp3) is 0.500. The topological polar surface area (TPSA) is 96.0 Å². The number of esters is 1. The number of carbonyl (C=O) groups excluding carboxylic acids is 1. The van der Waals surface area contributed by atoms with Gasteiger partial charge in [-0.05, 0) is 12.1 Å². The van der Waals surface area contributed by atoms with Crippen LogP contribution in [0.5, 0.6) is 0 Å². The van der Waals surface area contributed by atoms with Crippen LogP contribution in [-0.4, -0.2) is 68.5 Å². The molecule has 1 fully saturated rings. The summed E-state index contributed by atoms with van der Waals surface area (Å²) in [7, 11) is -4.65. The highest BCUT2D eigenvalue weighted by Gasteiger charge is 2.23. The maximum atomic E-state index is 13.2. The smallest absolute Gasteiger partial charge is 0.338 e. The fourth-order valence-electron chi connectivity index (χ4n) is 2.31. The predicted molar refractivity (Wildman–Crippen MR) is 77.4 cm³/mol. The Bertz CT molecular complexity index is 670. The number of benzene rings is 1. The summed E-state index contributed by atoms with van der Waals surface area (Å²) in [5, 5.41) is 0. The van der Waals surface area contributed by atoms with Crippen LogP contribution in [0.2, 0.25) is 0 Å². The van der Waals surface area contributed by atoms with Gasteiger partial charge in [-0.15, -0.1) is 0 Å². The van der Waals surface area contributed by atoms with Gasteiger partial charge < -0.3 is 14.0 Å². The van der Waals surface area contributed by atoms with Gasteiger partial charge in [-0.3, -0.25) is 4.90 Å². The zero-order chi connectivity index (χ0) is 17.7. The molecule has 134 valence electrons. The first kappa shape index (κ1) is 18.7. The third kappa shape index (κ3) is 6.11. The molecule has 0 radical (unpaired) electrons. The summed E-state index contributed by atoms with van der Waals surface area (Å²) in [6.07, 6.45) is -1.25. The Morgan fingerprint density at radius 1 is 1.25 bits per heavy atom. The van der Waals surface area contributed by atoms with Crippen molar-refractivity contribution in [3.8, 4) is 0 Å². The molecule has 10 heteroatoms. The molecule has 1 unspecified atom stereocenters. The largest absolute Gasteiger partial charge is 0.748 e. The molecular weight excluding hydrogens is 348 g/mol. The van der Waals surface area contributed by atoms with Crippen LogP contribution in [0.3, 0.4) is 0 Å². The predicted octanol–water partition coefficient (Wildman–Crippen LogP) is 0.368. The van der Waals surface area contributed by atoms with Crippen LogP contribution in [0.1, 0.15) is 10.4 Å². The lowest BCUT2D eigenvalue weighted by Gasteiger charge is -2.30. The van der Waals surface area contributed by atoms with E-state index in [2.05, 4.69) is 0 Å². The lowest BCUT2D eigenvalue weighted by molar-refractivity contribution is 0.000875. The van der Waals surface area contributed by atoms with Crippen molar-refractivity contribution >= 4 is 16.1 Å². The number of ether oxygens (including phenoxy) is 2. The van der Waals surface area contributed by atoms with Crippen molar-refractivity contribution in [2.45, 2.75) is 6.10 Å². The summed E-state index contributed by atoms with van der Waals surface area (Å²) in [6.45, 7) is 1.84. The van der Waals surface area contributed by atoms with Gasteiger partial charge in [-0.2, -0.15) is 0 Å². The average molecular weight is 364 g/mol. The number of hydrogen-bond donors (Lipinski definition) is 0. The number of hydrogen-bond acceptors (Lipinski definition) is 7. The van der Waals surface area contributed by atoms with Gasteiger partial charge in [-0.1, -0.05) is 0 Å². The first-order chi connectivity index (χ1) is 11.2. The van der Waals surface area contributed by atoms with E-state index in [1.165, 1.54) is 0 Å². The SMILES string of the molecule is O=C(OC(CN1CCOCC1)CS(=O)(=O)[O-])c1cc(F)cc(F)c1. The first-order valence-corrected chi connectivity index (χ1v) is 8.71. The van der Waals surface area contributed by atoms with Gasteiger partial charge in [0, 0.05) is 25.7 Å². The van der Waals surface area contributed by atoms with Gasteiger partial charge in [-0.25, -0.2) is 22.0 Å². The van der Waals surface area contributed by atoms with Gasteiger partial charge in [0.1, 0.15) is 17.7 Å². The second-order valence-corrected chi connectivity index (χ2v) is 6.77. The van der Waals surface area contributed by atoms with Crippen molar-refractivity contribution in [3.05, 3.63) is 35.4 Å². The Hall–Kier alpha value is -1.62. The first-order valence-electron chi connectivity index (χ1n) is 7.14. The number of rotatable bonds is 6. The van der Waals surface area contributed by atoms with Crippen LogP contribution < -0.4 is 0 Å². The lowest BCUT2D eigenvalue weighted by Crippen LogP contribution is -2.44. The van der Waals surface area contributed by atoms with Crippen molar-refractivity contribution in [3.63, 3.8) is 0 Å². The minimum absolute atomic E-state index is 0.00830. The molecule has 0 amide bonds. The number of halogens is 2. The highest BCUT2D eigenvalue weighted by molar-refractivity contribution is 7.85. The van der Waals surface area contributed by atoms with E-state index >= 15 is 0 Å². The molecule has 0 N–H and O–H groups in total. The van der Waals surface area contributed by atoms with Crippen LogP contribution in [-0.2, 0) is 19.6 Å². The summed E-state index contributed by atoms with van der Waals surface area (Å²) < 4.78 is 69.4. The third-order valence-corrected chi connectivity index (χ3v) is 4.11. The van der Waals surface area contributed by atoms with Crippen LogP contribution in [0, 0.1) is 11.6 Å². The molecule has 1 aromatic carbocycles. The number of nitrogens with zero attached hydrogens (tertiary/aromatic N) is 1. The van der Waals surface area contributed by atoms with E-state index in [1.54, 1.807) is 4.90 Å². The Morgan fingerprint density at radius 3 is 2.38 bits per heavy atom. The summed E-state index contributed by atoms with van der Waals surface area (Å²) in [6, 6.07) is 2.12. The summed E-state index contributed by atoms with van der Waals surface area (Å²) in [5.74, 6) is -3.96. The zero-order valence-electron chi connectivity index (χ0n) is 12.6. The molecule has 1 aliphatic rings.